The SMILES string of the molecule is CC(=Cc1ccc(OCCN2CCOCC2)cc1)c1ccc2c(c1)C(C)(C)CCO2. The number of ether oxygens (including phenoxy) is 3. The van der Waals surface area contributed by atoms with E-state index >= 15 is 0 Å². The number of allylic oxidation sites excluding steroid dienone is 1. The molecule has 0 amide bonds. The molecule has 4 heteroatoms. The Balaban J connectivity index is 1.38. The van der Waals surface area contributed by atoms with E-state index in [4.69, 9.17) is 14.2 Å². The van der Waals surface area contributed by atoms with Crippen molar-refractivity contribution in [2.75, 3.05) is 46.1 Å². The Hall–Kier alpha value is -2.30. The molecule has 0 bridgehead atoms. The second-order valence-electron chi connectivity index (χ2n) is 8.89. The van der Waals surface area contributed by atoms with Gasteiger partial charge in [0.1, 0.15) is 18.1 Å². The molecular weight excluding hydrogens is 374 g/mol. The molecule has 1 fully saturated rings. The van der Waals surface area contributed by atoms with Crippen molar-refractivity contribution < 1.29 is 14.2 Å². The lowest BCUT2D eigenvalue weighted by Gasteiger charge is -2.32. The molecule has 4 nitrogen and oxygen atoms in total. The summed E-state index contributed by atoms with van der Waals surface area (Å²) in [5, 5.41) is 0. The van der Waals surface area contributed by atoms with E-state index in [0.29, 0.717) is 6.61 Å². The summed E-state index contributed by atoms with van der Waals surface area (Å²) in [6, 6.07) is 14.9. The Kier molecular flexibility index (Phi) is 6.45. The maximum absolute atomic E-state index is 5.92. The first-order chi connectivity index (χ1) is 14.5. The van der Waals surface area contributed by atoms with E-state index in [-0.39, 0.29) is 5.41 Å². The number of benzene rings is 2. The summed E-state index contributed by atoms with van der Waals surface area (Å²) in [7, 11) is 0. The van der Waals surface area contributed by atoms with E-state index in [2.05, 4.69) is 74.2 Å². The Morgan fingerprint density at radius 2 is 1.83 bits per heavy atom. The third-order valence-corrected chi connectivity index (χ3v) is 6.19. The van der Waals surface area contributed by atoms with Gasteiger partial charge in [-0.15, -0.1) is 0 Å². The smallest absolute Gasteiger partial charge is 0.123 e. The molecule has 0 aromatic heterocycles. The molecule has 4 rings (SSSR count). The molecule has 0 radical (unpaired) electrons. The topological polar surface area (TPSA) is 30.9 Å². The molecule has 2 heterocycles. The first-order valence-electron chi connectivity index (χ1n) is 11.0. The highest BCUT2D eigenvalue weighted by atomic mass is 16.5. The van der Waals surface area contributed by atoms with Crippen LogP contribution in [0.25, 0.3) is 11.6 Å². The summed E-state index contributed by atoms with van der Waals surface area (Å²) in [5.41, 5.74) is 5.15. The highest BCUT2D eigenvalue weighted by Crippen LogP contribution is 2.39. The van der Waals surface area contributed by atoms with Crippen molar-refractivity contribution in [1.82, 2.24) is 4.90 Å². The standard InChI is InChI=1S/C26H33NO3/c1-20(22-6-9-25-24(19-22)26(2,3)10-14-30-25)18-21-4-7-23(8-5-21)29-17-13-27-11-15-28-16-12-27/h4-9,18-19H,10-17H2,1-3H3. The van der Waals surface area contributed by atoms with Crippen molar-refractivity contribution in [2.45, 2.75) is 32.6 Å². The molecule has 2 aromatic rings. The monoisotopic (exact) mass is 407 g/mol. The number of hydrogen-bond acceptors (Lipinski definition) is 4. The van der Waals surface area contributed by atoms with Crippen molar-refractivity contribution in [3.8, 4) is 11.5 Å². The lowest BCUT2D eigenvalue weighted by Crippen LogP contribution is -2.38. The van der Waals surface area contributed by atoms with Gasteiger partial charge in [-0.2, -0.15) is 0 Å². The van der Waals surface area contributed by atoms with E-state index in [1.807, 2.05) is 0 Å². The van der Waals surface area contributed by atoms with Gasteiger partial charge in [-0.1, -0.05) is 38.1 Å². The minimum atomic E-state index is 0.157. The second-order valence-corrected chi connectivity index (χ2v) is 8.89. The van der Waals surface area contributed by atoms with Crippen molar-refractivity contribution in [2.24, 2.45) is 0 Å². The zero-order valence-electron chi connectivity index (χ0n) is 18.4. The normalized spacial score (nSPS) is 19.1. The average molecular weight is 408 g/mol. The van der Waals surface area contributed by atoms with Crippen LogP contribution in [0.2, 0.25) is 0 Å². The van der Waals surface area contributed by atoms with Gasteiger partial charge in [-0.25, -0.2) is 0 Å². The van der Waals surface area contributed by atoms with Gasteiger partial charge >= 0.3 is 0 Å². The van der Waals surface area contributed by atoms with Crippen molar-refractivity contribution in [3.63, 3.8) is 0 Å². The number of hydrogen-bond donors (Lipinski definition) is 0. The van der Waals surface area contributed by atoms with Crippen LogP contribution in [-0.2, 0) is 10.2 Å². The predicted molar refractivity (Wildman–Crippen MR) is 122 cm³/mol. The van der Waals surface area contributed by atoms with E-state index in [1.54, 1.807) is 0 Å². The molecule has 0 N–H and O–H groups in total. The van der Waals surface area contributed by atoms with Crippen molar-refractivity contribution >= 4 is 11.6 Å². The minimum Gasteiger partial charge on any atom is -0.493 e. The maximum Gasteiger partial charge on any atom is 0.123 e. The molecule has 1 saturated heterocycles. The van der Waals surface area contributed by atoms with Gasteiger partial charge in [-0.05, 0) is 59.7 Å². The van der Waals surface area contributed by atoms with Gasteiger partial charge in [-0.3, -0.25) is 4.90 Å². The summed E-state index contributed by atoms with van der Waals surface area (Å²) >= 11 is 0. The molecule has 160 valence electrons. The molecular formula is C26H33NO3. The van der Waals surface area contributed by atoms with E-state index in [1.165, 1.54) is 22.3 Å². The average Bonchev–Trinajstić information content (AvgIpc) is 2.75. The van der Waals surface area contributed by atoms with Crippen LogP contribution < -0.4 is 9.47 Å². The van der Waals surface area contributed by atoms with E-state index < -0.39 is 0 Å². The number of rotatable bonds is 6. The molecule has 0 unspecified atom stereocenters. The zero-order chi connectivity index (χ0) is 21.0. The highest BCUT2D eigenvalue weighted by Gasteiger charge is 2.28. The quantitative estimate of drug-likeness (QED) is 0.629. The molecule has 0 aliphatic carbocycles. The van der Waals surface area contributed by atoms with Crippen LogP contribution in [0.4, 0.5) is 0 Å². The summed E-state index contributed by atoms with van der Waals surface area (Å²) in [6.07, 6.45) is 3.29. The first kappa shape index (κ1) is 21.0. The lowest BCUT2D eigenvalue weighted by molar-refractivity contribution is 0.0322. The van der Waals surface area contributed by atoms with E-state index in [9.17, 15) is 0 Å². The molecule has 0 spiro atoms. The maximum atomic E-state index is 5.92. The Labute approximate surface area is 180 Å². The van der Waals surface area contributed by atoms with Gasteiger partial charge in [0.2, 0.25) is 0 Å². The van der Waals surface area contributed by atoms with Crippen LogP contribution in [0, 0.1) is 0 Å². The first-order valence-corrected chi connectivity index (χ1v) is 11.0. The summed E-state index contributed by atoms with van der Waals surface area (Å²) in [4.78, 5) is 2.38. The van der Waals surface area contributed by atoms with Gasteiger partial charge in [0, 0.05) is 25.2 Å². The fraction of sp³-hybridized carbons (Fsp3) is 0.462. The zero-order valence-corrected chi connectivity index (χ0v) is 18.4. The molecule has 2 aliphatic rings. The summed E-state index contributed by atoms with van der Waals surface area (Å²) in [6.45, 7) is 12.9. The van der Waals surface area contributed by atoms with Crippen molar-refractivity contribution in [1.29, 1.82) is 0 Å². The van der Waals surface area contributed by atoms with Gasteiger partial charge < -0.3 is 14.2 Å². The van der Waals surface area contributed by atoms with Crippen molar-refractivity contribution in [3.05, 3.63) is 59.2 Å². The fourth-order valence-corrected chi connectivity index (χ4v) is 4.09. The highest BCUT2D eigenvalue weighted by molar-refractivity contribution is 5.81. The van der Waals surface area contributed by atoms with Crippen LogP contribution >= 0.6 is 0 Å². The Bertz CT molecular complexity index is 880. The number of nitrogens with zero attached hydrogens (tertiary/aromatic N) is 1. The van der Waals surface area contributed by atoms with E-state index in [0.717, 1.165) is 57.4 Å². The third-order valence-electron chi connectivity index (χ3n) is 6.19. The van der Waals surface area contributed by atoms with Gasteiger partial charge in [0.15, 0.2) is 0 Å². The summed E-state index contributed by atoms with van der Waals surface area (Å²) in [5.74, 6) is 1.95. The fourth-order valence-electron chi connectivity index (χ4n) is 4.09. The Morgan fingerprint density at radius 1 is 1.07 bits per heavy atom. The predicted octanol–water partition coefficient (Wildman–Crippen LogP) is 5.02. The van der Waals surface area contributed by atoms with Crippen LogP contribution in [0.5, 0.6) is 11.5 Å². The van der Waals surface area contributed by atoms with Crippen LogP contribution in [0.15, 0.2) is 42.5 Å². The number of fused-ring (bicyclic) bond motifs is 1. The van der Waals surface area contributed by atoms with Crippen LogP contribution in [0.1, 0.15) is 43.9 Å². The van der Waals surface area contributed by atoms with Gasteiger partial charge in [0.25, 0.3) is 0 Å². The minimum absolute atomic E-state index is 0.157. The second kappa shape index (κ2) is 9.23. The summed E-state index contributed by atoms with van der Waals surface area (Å²) < 4.78 is 17.2. The third kappa shape index (κ3) is 5.05. The number of morpholine rings is 1. The largest absolute Gasteiger partial charge is 0.493 e. The molecule has 30 heavy (non-hydrogen) atoms. The molecule has 2 aliphatic heterocycles. The molecule has 0 saturated carbocycles. The van der Waals surface area contributed by atoms with Gasteiger partial charge in [0.05, 0.1) is 19.8 Å². The molecule has 2 aromatic carbocycles. The van der Waals surface area contributed by atoms with Crippen LogP contribution in [-0.4, -0.2) is 51.0 Å². The lowest BCUT2D eigenvalue weighted by atomic mass is 9.79. The van der Waals surface area contributed by atoms with Crippen LogP contribution in [0.3, 0.4) is 0 Å². The molecule has 0 atom stereocenters. The Morgan fingerprint density at radius 3 is 2.60 bits per heavy atom.